The van der Waals surface area contributed by atoms with Crippen molar-refractivity contribution in [1.29, 1.82) is 5.26 Å². The quantitative estimate of drug-likeness (QED) is 0.244. The molecule has 8 nitrogen and oxygen atoms in total. The highest BCUT2D eigenvalue weighted by Gasteiger charge is 2.45. The number of aromatic nitrogens is 2. The van der Waals surface area contributed by atoms with Gasteiger partial charge in [0.15, 0.2) is 5.83 Å². The fourth-order valence-corrected chi connectivity index (χ4v) is 8.13. The van der Waals surface area contributed by atoms with Gasteiger partial charge in [0.1, 0.15) is 12.4 Å². The minimum absolute atomic E-state index is 0.0494. The molecule has 4 aromatic rings. The van der Waals surface area contributed by atoms with Gasteiger partial charge in [-0.05, 0) is 78.9 Å². The number of anilines is 1. The van der Waals surface area contributed by atoms with E-state index < -0.39 is 17.8 Å². The molecule has 0 bridgehead atoms. The van der Waals surface area contributed by atoms with Crippen molar-refractivity contribution in [3.8, 4) is 23.2 Å². The topological polar surface area (TPSA) is 85.6 Å². The van der Waals surface area contributed by atoms with E-state index in [1.54, 1.807) is 11.3 Å². The Balaban J connectivity index is 1.27. The summed E-state index contributed by atoms with van der Waals surface area (Å²) in [7, 11) is 0. The van der Waals surface area contributed by atoms with Gasteiger partial charge < -0.3 is 14.5 Å². The molecule has 3 saturated heterocycles. The average Bonchev–Trinajstić information content (AvgIpc) is 3.75. The van der Waals surface area contributed by atoms with Crippen molar-refractivity contribution >= 4 is 44.1 Å². The largest absolute Gasteiger partial charge is 0.461 e. The third kappa shape index (κ3) is 5.00. The van der Waals surface area contributed by atoms with Crippen LogP contribution in [0.4, 0.5) is 10.2 Å². The van der Waals surface area contributed by atoms with Gasteiger partial charge in [-0.1, -0.05) is 30.8 Å². The molecular weight excluding hydrogens is 563 g/mol. The maximum absolute atomic E-state index is 13.8. The molecule has 43 heavy (non-hydrogen) atoms. The lowest BCUT2D eigenvalue weighted by molar-refractivity contribution is -0.131. The van der Waals surface area contributed by atoms with Crippen LogP contribution in [0.25, 0.3) is 32.1 Å². The molecule has 2 aromatic heterocycles. The number of rotatable bonds is 7. The van der Waals surface area contributed by atoms with E-state index in [1.165, 1.54) is 27.8 Å². The lowest BCUT2D eigenvalue weighted by Gasteiger charge is -2.41. The third-order valence-electron chi connectivity index (χ3n) is 9.33. The van der Waals surface area contributed by atoms with Crippen molar-refractivity contribution in [2.24, 2.45) is 0 Å². The predicted molar refractivity (Wildman–Crippen MR) is 167 cm³/mol. The van der Waals surface area contributed by atoms with Crippen LogP contribution in [0.5, 0.6) is 6.01 Å². The van der Waals surface area contributed by atoms with E-state index in [-0.39, 0.29) is 18.5 Å². The molecule has 1 atom stereocenters. The highest BCUT2D eigenvalue weighted by molar-refractivity contribution is 7.17. The second kappa shape index (κ2) is 11.2. The summed E-state index contributed by atoms with van der Waals surface area (Å²) >= 11 is 1.72. The molecule has 0 aliphatic carbocycles. The highest BCUT2D eigenvalue weighted by Crippen LogP contribution is 2.40. The number of thiophene rings is 1. The van der Waals surface area contributed by atoms with Gasteiger partial charge in [0, 0.05) is 29.7 Å². The summed E-state index contributed by atoms with van der Waals surface area (Å²) in [5.41, 5.74) is 3.03. The van der Waals surface area contributed by atoms with E-state index in [1.807, 2.05) is 6.07 Å². The summed E-state index contributed by atoms with van der Waals surface area (Å²) in [6.07, 6.45) is 4.68. The number of amides is 1. The van der Waals surface area contributed by atoms with Gasteiger partial charge in [0.2, 0.25) is 0 Å². The maximum Gasteiger partial charge on any atom is 0.319 e. The molecule has 0 spiro atoms. The molecule has 10 heteroatoms. The van der Waals surface area contributed by atoms with Gasteiger partial charge in [-0.2, -0.15) is 15.2 Å². The minimum Gasteiger partial charge on any atom is -0.461 e. The zero-order chi connectivity index (χ0) is 29.6. The molecule has 0 radical (unpaired) electrons. The van der Waals surface area contributed by atoms with Crippen LogP contribution in [0, 0.1) is 11.3 Å². The molecule has 7 rings (SSSR count). The van der Waals surface area contributed by atoms with Crippen LogP contribution < -0.4 is 9.64 Å². The number of nitrogens with zero attached hydrogens (tertiary/aromatic N) is 6. The molecular formula is C33H33FN6O2S. The van der Waals surface area contributed by atoms with Crippen LogP contribution in [0.15, 0.2) is 60.3 Å². The monoisotopic (exact) mass is 596 g/mol. The van der Waals surface area contributed by atoms with Crippen LogP contribution >= 0.6 is 11.3 Å². The van der Waals surface area contributed by atoms with Crippen molar-refractivity contribution in [2.45, 2.75) is 43.7 Å². The molecule has 3 aliphatic rings. The number of hydrogen-bond donors (Lipinski definition) is 0. The Hall–Kier alpha value is -4.07. The number of hydrogen-bond acceptors (Lipinski definition) is 8. The van der Waals surface area contributed by atoms with Crippen molar-refractivity contribution in [3.63, 3.8) is 0 Å². The number of halogens is 1. The molecule has 1 amide bonds. The summed E-state index contributed by atoms with van der Waals surface area (Å²) in [4.78, 5) is 28.4. The Labute approximate surface area is 254 Å². The standard InChI is InChI=1S/C33H33FN6O2S/c1-22(34)31(41)40-17-16-38(20-25(40)9-13-35)30-27-8-7-24(26-6-2-5-23-10-18-43-29(23)26)19-28(27)36-32(37-30)42-21-33-11-3-14-39(33)15-4-12-33/h2,5-8,10,18-19,25H,1,3-4,9,11-12,14-17,20-21H2/t25-/m0/s1. The van der Waals surface area contributed by atoms with Gasteiger partial charge in [0.05, 0.1) is 29.6 Å². The molecule has 0 saturated carbocycles. The number of ether oxygens (including phenoxy) is 1. The van der Waals surface area contributed by atoms with Gasteiger partial charge in [-0.3, -0.25) is 9.69 Å². The Morgan fingerprint density at radius 2 is 1.98 bits per heavy atom. The van der Waals surface area contributed by atoms with Crippen LogP contribution in [0.2, 0.25) is 0 Å². The Morgan fingerprint density at radius 3 is 2.77 bits per heavy atom. The number of carbonyl (C=O) groups excluding carboxylic acids is 1. The van der Waals surface area contributed by atoms with Gasteiger partial charge in [0.25, 0.3) is 5.91 Å². The van der Waals surface area contributed by atoms with Crippen molar-refractivity contribution in [1.82, 2.24) is 19.8 Å². The average molecular weight is 597 g/mol. The normalized spacial score (nSPS) is 20.0. The zero-order valence-corrected chi connectivity index (χ0v) is 24.8. The van der Waals surface area contributed by atoms with E-state index in [4.69, 9.17) is 14.7 Å². The number of fused-ring (bicyclic) bond motifs is 3. The molecule has 220 valence electrons. The zero-order valence-electron chi connectivity index (χ0n) is 24.0. The number of piperazine rings is 1. The fraction of sp³-hybridized carbons (Fsp3) is 0.394. The third-order valence-corrected chi connectivity index (χ3v) is 10.3. The molecule has 2 aromatic carbocycles. The number of carbonyl (C=O) groups is 1. The molecule has 5 heterocycles. The highest BCUT2D eigenvalue weighted by atomic mass is 32.1. The molecule has 0 unspecified atom stereocenters. The lowest BCUT2D eigenvalue weighted by atomic mass is 9.95. The van der Waals surface area contributed by atoms with E-state index >= 15 is 0 Å². The fourth-order valence-electron chi connectivity index (χ4n) is 7.20. The first-order valence-corrected chi connectivity index (χ1v) is 15.8. The van der Waals surface area contributed by atoms with Gasteiger partial charge in [-0.15, -0.1) is 11.3 Å². The summed E-state index contributed by atoms with van der Waals surface area (Å²) < 4.78 is 21.5. The summed E-state index contributed by atoms with van der Waals surface area (Å²) in [6, 6.07) is 16.7. The maximum atomic E-state index is 13.8. The van der Waals surface area contributed by atoms with Gasteiger partial charge in [-0.25, -0.2) is 4.39 Å². The van der Waals surface area contributed by atoms with E-state index in [9.17, 15) is 14.4 Å². The first-order valence-electron chi connectivity index (χ1n) is 14.9. The summed E-state index contributed by atoms with van der Waals surface area (Å²) in [6.45, 7) is 6.98. The van der Waals surface area contributed by atoms with Crippen LogP contribution in [0.1, 0.15) is 32.1 Å². The van der Waals surface area contributed by atoms with Crippen molar-refractivity contribution in [2.75, 3.05) is 44.2 Å². The Bertz CT molecular complexity index is 1760. The Kier molecular flexibility index (Phi) is 7.23. The predicted octanol–water partition coefficient (Wildman–Crippen LogP) is 5.93. The number of nitriles is 1. The van der Waals surface area contributed by atoms with Crippen LogP contribution in [-0.4, -0.2) is 76.6 Å². The van der Waals surface area contributed by atoms with Gasteiger partial charge >= 0.3 is 6.01 Å². The smallest absolute Gasteiger partial charge is 0.319 e. The Morgan fingerprint density at radius 1 is 1.14 bits per heavy atom. The first-order chi connectivity index (χ1) is 21.0. The SMILES string of the molecule is C=C(F)C(=O)N1CCN(c2nc(OCC34CCCN3CCC4)nc3cc(-c4cccc5ccsc45)ccc23)C[C@@H]1CC#N. The van der Waals surface area contributed by atoms with Crippen LogP contribution in [-0.2, 0) is 4.79 Å². The van der Waals surface area contributed by atoms with Crippen LogP contribution in [0.3, 0.4) is 0 Å². The second-order valence-electron chi connectivity index (χ2n) is 11.8. The second-order valence-corrected chi connectivity index (χ2v) is 12.7. The lowest BCUT2D eigenvalue weighted by Crippen LogP contribution is -2.55. The van der Waals surface area contributed by atoms with E-state index in [2.05, 4.69) is 64.2 Å². The van der Waals surface area contributed by atoms with Crippen molar-refractivity contribution in [3.05, 3.63) is 60.3 Å². The summed E-state index contributed by atoms with van der Waals surface area (Å²) in [5, 5.41) is 13.7. The molecule has 3 aliphatic heterocycles. The number of benzene rings is 2. The summed E-state index contributed by atoms with van der Waals surface area (Å²) in [5.74, 6) is -1.08. The molecule has 0 N–H and O–H groups in total. The van der Waals surface area contributed by atoms with E-state index in [0.717, 1.165) is 48.0 Å². The first kappa shape index (κ1) is 27.7. The van der Waals surface area contributed by atoms with Crippen molar-refractivity contribution < 1.29 is 13.9 Å². The van der Waals surface area contributed by atoms with E-state index in [0.29, 0.717) is 31.5 Å². The minimum atomic E-state index is -1.01. The molecule has 3 fully saturated rings.